The lowest BCUT2D eigenvalue weighted by atomic mass is 9.94. The van der Waals surface area contributed by atoms with Gasteiger partial charge in [-0.3, -0.25) is 14.0 Å². The van der Waals surface area contributed by atoms with Crippen molar-refractivity contribution in [1.82, 2.24) is 19.2 Å². The number of thiazole rings is 1. The highest BCUT2D eigenvalue weighted by molar-refractivity contribution is 7.15. The molecule has 2 fully saturated rings. The fraction of sp³-hybridized carbons (Fsp3) is 0.409. The second-order valence-electron chi connectivity index (χ2n) is 8.33. The summed E-state index contributed by atoms with van der Waals surface area (Å²) in [5.41, 5.74) is 1.60. The van der Waals surface area contributed by atoms with E-state index in [-0.39, 0.29) is 29.5 Å². The summed E-state index contributed by atoms with van der Waals surface area (Å²) in [4.78, 5) is 34.3. The number of carbonyl (C=O) groups excluding carboxylic acids is 2. The maximum absolute atomic E-state index is 13.6. The molecule has 162 valence electrons. The fourth-order valence-corrected chi connectivity index (χ4v) is 5.49. The third-order valence-electron chi connectivity index (χ3n) is 6.17. The maximum atomic E-state index is 13.6. The molecule has 0 saturated carbocycles. The van der Waals surface area contributed by atoms with Crippen LogP contribution < -0.4 is 5.32 Å². The Kier molecular flexibility index (Phi) is 5.13. The number of benzene rings is 1. The molecular formula is C22H24FN5O2S. The zero-order valence-corrected chi connectivity index (χ0v) is 18.1. The van der Waals surface area contributed by atoms with Gasteiger partial charge in [-0.05, 0) is 31.0 Å². The average Bonchev–Trinajstić information content (AvgIpc) is 3.45. The van der Waals surface area contributed by atoms with Gasteiger partial charge in [0.2, 0.25) is 17.8 Å². The molecule has 2 atom stereocenters. The van der Waals surface area contributed by atoms with Crippen LogP contribution in [0.25, 0.3) is 4.83 Å². The standard InChI is InChI=1S/C22H24FN5O2S/c1-26-12-15(10-18(26)29)20(30)27-7-3-4-14(13-27)19-21-28(8-9-31-21)22(25-19)24-17-6-2-5-16(23)11-17/h2,5-6,8-9,11,14-15H,3-4,7,10,12-13H2,1H3,(H,24,25)/t14-,15+/m0/s1. The van der Waals surface area contributed by atoms with Gasteiger partial charge < -0.3 is 15.1 Å². The summed E-state index contributed by atoms with van der Waals surface area (Å²) in [6, 6.07) is 6.31. The number of nitrogens with one attached hydrogen (secondary N) is 1. The SMILES string of the molecule is CN1C[C@H](C(=O)N2CCC[C@H](c3nc(Nc4cccc(F)c4)n4ccsc34)C2)CC1=O. The number of halogens is 1. The van der Waals surface area contributed by atoms with Crippen molar-refractivity contribution in [3.63, 3.8) is 0 Å². The number of hydrogen-bond acceptors (Lipinski definition) is 5. The minimum absolute atomic E-state index is 0.0365. The number of nitrogens with zero attached hydrogens (tertiary/aromatic N) is 4. The van der Waals surface area contributed by atoms with E-state index in [2.05, 4.69) is 5.32 Å². The summed E-state index contributed by atoms with van der Waals surface area (Å²) >= 11 is 1.61. The van der Waals surface area contributed by atoms with Crippen molar-refractivity contribution in [3.05, 3.63) is 47.4 Å². The Hall–Kier alpha value is -2.94. The van der Waals surface area contributed by atoms with Crippen molar-refractivity contribution in [1.29, 1.82) is 0 Å². The Morgan fingerprint density at radius 3 is 2.97 bits per heavy atom. The van der Waals surface area contributed by atoms with Crippen LogP contribution in [0, 0.1) is 11.7 Å². The Bertz CT molecular complexity index is 1140. The Labute approximate surface area is 183 Å². The quantitative estimate of drug-likeness (QED) is 0.673. The molecule has 1 N–H and O–H groups in total. The van der Waals surface area contributed by atoms with Crippen LogP contribution in [-0.4, -0.2) is 57.7 Å². The molecule has 31 heavy (non-hydrogen) atoms. The minimum Gasteiger partial charge on any atom is -0.345 e. The molecule has 0 unspecified atom stereocenters. The van der Waals surface area contributed by atoms with Gasteiger partial charge in [0, 0.05) is 56.3 Å². The van der Waals surface area contributed by atoms with Crippen LogP contribution in [-0.2, 0) is 9.59 Å². The number of likely N-dealkylation sites (tertiary alicyclic amines) is 2. The van der Waals surface area contributed by atoms with Gasteiger partial charge in [0.15, 0.2) is 0 Å². The molecule has 2 aromatic heterocycles. The number of carbonyl (C=O) groups is 2. The summed E-state index contributed by atoms with van der Waals surface area (Å²) in [5.74, 6) is 0.329. The van der Waals surface area contributed by atoms with E-state index in [4.69, 9.17) is 4.98 Å². The second-order valence-corrected chi connectivity index (χ2v) is 9.23. The first-order chi connectivity index (χ1) is 15.0. The number of hydrogen-bond donors (Lipinski definition) is 1. The molecule has 2 amide bonds. The predicted octanol–water partition coefficient (Wildman–Crippen LogP) is 3.46. The van der Waals surface area contributed by atoms with Crippen LogP contribution in [0.15, 0.2) is 35.8 Å². The van der Waals surface area contributed by atoms with E-state index in [9.17, 15) is 14.0 Å². The van der Waals surface area contributed by atoms with Crippen molar-refractivity contribution >= 4 is 39.6 Å². The minimum atomic E-state index is -0.305. The average molecular weight is 442 g/mol. The van der Waals surface area contributed by atoms with Gasteiger partial charge >= 0.3 is 0 Å². The number of aromatic nitrogens is 2. The molecule has 2 aliphatic heterocycles. The van der Waals surface area contributed by atoms with Gasteiger partial charge in [-0.25, -0.2) is 9.37 Å². The van der Waals surface area contributed by atoms with E-state index >= 15 is 0 Å². The van der Waals surface area contributed by atoms with Crippen molar-refractivity contribution in [3.8, 4) is 0 Å². The highest BCUT2D eigenvalue weighted by Crippen LogP contribution is 2.35. The van der Waals surface area contributed by atoms with Crippen LogP contribution in [0.4, 0.5) is 16.0 Å². The molecule has 4 heterocycles. The van der Waals surface area contributed by atoms with E-state index in [0.717, 1.165) is 29.9 Å². The number of anilines is 2. The van der Waals surface area contributed by atoms with E-state index < -0.39 is 0 Å². The monoisotopic (exact) mass is 441 g/mol. The van der Waals surface area contributed by atoms with E-state index in [1.165, 1.54) is 12.1 Å². The van der Waals surface area contributed by atoms with Crippen LogP contribution in [0.1, 0.15) is 30.9 Å². The first kappa shape index (κ1) is 20.0. The zero-order chi connectivity index (χ0) is 21.5. The van der Waals surface area contributed by atoms with Gasteiger partial charge in [0.1, 0.15) is 10.6 Å². The highest BCUT2D eigenvalue weighted by atomic mass is 32.1. The highest BCUT2D eigenvalue weighted by Gasteiger charge is 2.37. The lowest BCUT2D eigenvalue weighted by molar-refractivity contribution is -0.137. The first-order valence-corrected chi connectivity index (χ1v) is 11.4. The van der Waals surface area contributed by atoms with Gasteiger partial charge in [-0.2, -0.15) is 0 Å². The maximum Gasteiger partial charge on any atom is 0.228 e. The zero-order valence-electron chi connectivity index (χ0n) is 17.3. The molecule has 2 aliphatic rings. The number of amides is 2. The van der Waals surface area contributed by atoms with E-state index in [1.54, 1.807) is 35.4 Å². The summed E-state index contributed by atoms with van der Waals surface area (Å²) in [7, 11) is 1.75. The Morgan fingerprint density at radius 1 is 1.32 bits per heavy atom. The largest absolute Gasteiger partial charge is 0.345 e. The number of imidazole rings is 1. The normalized spacial score (nSPS) is 21.8. The molecule has 0 radical (unpaired) electrons. The van der Waals surface area contributed by atoms with E-state index in [0.29, 0.717) is 31.1 Å². The second kappa shape index (κ2) is 7.96. The molecule has 2 saturated heterocycles. The summed E-state index contributed by atoms with van der Waals surface area (Å²) in [6.45, 7) is 1.83. The molecule has 5 rings (SSSR count). The van der Waals surface area contributed by atoms with Crippen molar-refractivity contribution in [2.24, 2.45) is 5.92 Å². The van der Waals surface area contributed by atoms with Gasteiger partial charge in [-0.15, -0.1) is 11.3 Å². The van der Waals surface area contributed by atoms with Gasteiger partial charge in [0.05, 0.1) is 11.6 Å². The smallest absolute Gasteiger partial charge is 0.228 e. The number of rotatable bonds is 4. The first-order valence-electron chi connectivity index (χ1n) is 10.5. The lowest BCUT2D eigenvalue weighted by Gasteiger charge is -2.33. The van der Waals surface area contributed by atoms with Crippen molar-refractivity contribution in [2.45, 2.75) is 25.2 Å². The van der Waals surface area contributed by atoms with Crippen molar-refractivity contribution in [2.75, 3.05) is 32.0 Å². The van der Waals surface area contributed by atoms with Crippen LogP contribution in [0.3, 0.4) is 0 Å². The molecule has 0 spiro atoms. The molecular weight excluding hydrogens is 417 g/mol. The molecule has 7 nitrogen and oxygen atoms in total. The molecule has 0 bridgehead atoms. The van der Waals surface area contributed by atoms with E-state index in [1.807, 2.05) is 20.9 Å². The van der Waals surface area contributed by atoms with Crippen LogP contribution >= 0.6 is 11.3 Å². The van der Waals surface area contributed by atoms with Gasteiger partial charge in [0.25, 0.3) is 0 Å². The van der Waals surface area contributed by atoms with Crippen LogP contribution in [0.2, 0.25) is 0 Å². The molecule has 3 aromatic rings. The number of fused-ring (bicyclic) bond motifs is 1. The van der Waals surface area contributed by atoms with Gasteiger partial charge in [-0.1, -0.05) is 6.07 Å². The summed E-state index contributed by atoms with van der Waals surface area (Å²) in [6.07, 6.45) is 4.11. The summed E-state index contributed by atoms with van der Waals surface area (Å²) < 4.78 is 15.6. The topological polar surface area (TPSA) is 70.0 Å². The molecule has 9 heteroatoms. The Balaban J connectivity index is 1.37. The molecule has 0 aliphatic carbocycles. The predicted molar refractivity (Wildman–Crippen MR) is 117 cm³/mol. The molecule has 1 aromatic carbocycles. The lowest BCUT2D eigenvalue weighted by Crippen LogP contribution is -2.43. The van der Waals surface area contributed by atoms with Crippen LogP contribution in [0.5, 0.6) is 0 Å². The Morgan fingerprint density at radius 2 is 2.19 bits per heavy atom. The summed E-state index contributed by atoms with van der Waals surface area (Å²) in [5, 5.41) is 5.22. The third-order valence-corrected chi connectivity index (χ3v) is 7.06. The third kappa shape index (κ3) is 3.78. The fourth-order valence-electron chi connectivity index (χ4n) is 4.58. The van der Waals surface area contributed by atoms with Crippen molar-refractivity contribution < 1.29 is 14.0 Å². The number of piperidine rings is 1.